The first-order valence-corrected chi connectivity index (χ1v) is 10.1. The Bertz CT molecular complexity index is 1130. The van der Waals surface area contributed by atoms with Crippen molar-refractivity contribution >= 4 is 5.91 Å². The molecular weight excluding hydrogens is 414 g/mol. The van der Waals surface area contributed by atoms with E-state index in [-0.39, 0.29) is 12.5 Å². The van der Waals surface area contributed by atoms with Crippen LogP contribution in [0.3, 0.4) is 0 Å². The summed E-state index contributed by atoms with van der Waals surface area (Å²) >= 11 is 0. The maximum absolute atomic E-state index is 12.8. The summed E-state index contributed by atoms with van der Waals surface area (Å²) in [5.41, 5.74) is 2.25. The standard InChI is InChI=1S/C23H25N3O6/c1-26-18(12-17(25-26)16-11-15(29-2)5-7-20(16)30-3)23(28)24-13-19(27)14-4-6-21-22(10-14)32-9-8-31-21/h4-7,10-12,19,27H,8-9,13H2,1-3H3,(H,24,28). The van der Waals surface area contributed by atoms with Gasteiger partial charge in [-0.3, -0.25) is 9.48 Å². The third-order valence-electron chi connectivity index (χ3n) is 5.20. The number of nitrogens with one attached hydrogen (secondary N) is 1. The molecule has 1 amide bonds. The topological polar surface area (TPSA) is 104 Å². The van der Waals surface area contributed by atoms with Crippen LogP contribution < -0.4 is 24.3 Å². The predicted octanol–water partition coefficient (Wildman–Crippen LogP) is 2.34. The number of aliphatic hydroxyl groups is 1. The highest BCUT2D eigenvalue weighted by Crippen LogP contribution is 2.34. The lowest BCUT2D eigenvalue weighted by atomic mass is 10.1. The third-order valence-corrected chi connectivity index (χ3v) is 5.20. The molecule has 1 aliphatic rings. The zero-order chi connectivity index (χ0) is 22.7. The Labute approximate surface area is 185 Å². The molecule has 4 rings (SSSR count). The predicted molar refractivity (Wildman–Crippen MR) is 116 cm³/mol. The highest BCUT2D eigenvalue weighted by atomic mass is 16.6. The number of nitrogens with zero attached hydrogens (tertiary/aromatic N) is 2. The summed E-state index contributed by atoms with van der Waals surface area (Å²) in [6, 6.07) is 12.3. The molecule has 1 aromatic heterocycles. The number of aryl methyl sites for hydroxylation is 1. The first kappa shape index (κ1) is 21.5. The average molecular weight is 439 g/mol. The molecule has 2 aromatic carbocycles. The van der Waals surface area contributed by atoms with E-state index in [4.69, 9.17) is 18.9 Å². The van der Waals surface area contributed by atoms with E-state index in [0.29, 0.717) is 58.7 Å². The SMILES string of the molecule is COc1ccc(OC)c(-c2cc(C(=O)NCC(O)c3ccc4c(c3)OCCO4)n(C)n2)c1. The van der Waals surface area contributed by atoms with Gasteiger partial charge in [0, 0.05) is 19.2 Å². The molecule has 168 valence electrons. The molecule has 0 bridgehead atoms. The van der Waals surface area contributed by atoms with E-state index in [0.717, 1.165) is 0 Å². The quantitative estimate of drug-likeness (QED) is 0.582. The van der Waals surface area contributed by atoms with E-state index < -0.39 is 6.10 Å². The molecule has 0 radical (unpaired) electrons. The summed E-state index contributed by atoms with van der Waals surface area (Å²) in [4.78, 5) is 12.8. The minimum Gasteiger partial charge on any atom is -0.497 e. The van der Waals surface area contributed by atoms with Crippen molar-refractivity contribution in [3.8, 4) is 34.3 Å². The normalized spacial score (nSPS) is 13.4. The molecular formula is C23H25N3O6. The van der Waals surface area contributed by atoms with E-state index in [9.17, 15) is 9.90 Å². The minimum absolute atomic E-state index is 0.0292. The van der Waals surface area contributed by atoms with Crippen molar-refractivity contribution in [3.63, 3.8) is 0 Å². The number of aromatic nitrogens is 2. The molecule has 1 aliphatic heterocycles. The number of hydrogen-bond acceptors (Lipinski definition) is 7. The van der Waals surface area contributed by atoms with Crippen LogP contribution in [-0.4, -0.2) is 54.8 Å². The number of amides is 1. The molecule has 3 aromatic rings. The number of benzene rings is 2. The van der Waals surface area contributed by atoms with Crippen LogP contribution in [-0.2, 0) is 7.05 Å². The number of ether oxygens (including phenoxy) is 4. The van der Waals surface area contributed by atoms with Gasteiger partial charge in [-0.05, 0) is 42.0 Å². The van der Waals surface area contributed by atoms with Crippen molar-refractivity contribution in [2.24, 2.45) is 7.05 Å². The second-order valence-corrected chi connectivity index (χ2v) is 7.23. The summed E-state index contributed by atoms with van der Waals surface area (Å²) in [7, 11) is 4.83. The van der Waals surface area contributed by atoms with Gasteiger partial charge in [0.15, 0.2) is 11.5 Å². The van der Waals surface area contributed by atoms with E-state index >= 15 is 0 Å². The van der Waals surface area contributed by atoms with Gasteiger partial charge in [0.2, 0.25) is 0 Å². The van der Waals surface area contributed by atoms with Gasteiger partial charge in [-0.1, -0.05) is 6.07 Å². The van der Waals surface area contributed by atoms with Crippen molar-refractivity contribution in [1.29, 1.82) is 0 Å². The summed E-state index contributed by atoms with van der Waals surface area (Å²) in [6.07, 6.45) is -0.902. The zero-order valence-electron chi connectivity index (χ0n) is 18.1. The highest BCUT2D eigenvalue weighted by molar-refractivity contribution is 5.94. The number of aliphatic hydroxyl groups excluding tert-OH is 1. The second kappa shape index (κ2) is 9.19. The Hall–Kier alpha value is -3.72. The van der Waals surface area contributed by atoms with Crippen LogP contribution >= 0.6 is 0 Å². The Balaban J connectivity index is 1.47. The second-order valence-electron chi connectivity index (χ2n) is 7.23. The smallest absolute Gasteiger partial charge is 0.269 e. The van der Waals surface area contributed by atoms with Crippen LogP contribution in [0.2, 0.25) is 0 Å². The molecule has 2 heterocycles. The Morgan fingerprint density at radius 1 is 1.12 bits per heavy atom. The third kappa shape index (κ3) is 4.33. The van der Waals surface area contributed by atoms with Gasteiger partial charge in [0.05, 0.1) is 26.0 Å². The van der Waals surface area contributed by atoms with Gasteiger partial charge >= 0.3 is 0 Å². The lowest BCUT2D eigenvalue weighted by Gasteiger charge is -2.20. The minimum atomic E-state index is -0.902. The first-order valence-electron chi connectivity index (χ1n) is 10.1. The van der Waals surface area contributed by atoms with Crippen molar-refractivity contribution in [2.75, 3.05) is 34.0 Å². The molecule has 0 spiro atoms. The molecule has 9 heteroatoms. The summed E-state index contributed by atoms with van der Waals surface area (Å²) < 4.78 is 23.2. The number of hydrogen-bond donors (Lipinski definition) is 2. The Morgan fingerprint density at radius 2 is 1.91 bits per heavy atom. The number of carbonyl (C=O) groups is 1. The summed E-state index contributed by atoms with van der Waals surface area (Å²) in [5, 5.41) is 17.7. The number of carbonyl (C=O) groups excluding carboxylic acids is 1. The lowest BCUT2D eigenvalue weighted by molar-refractivity contribution is 0.0906. The molecule has 32 heavy (non-hydrogen) atoms. The number of methoxy groups -OCH3 is 2. The van der Waals surface area contributed by atoms with Crippen LogP contribution in [0.25, 0.3) is 11.3 Å². The van der Waals surface area contributed by atoms with Crippen LogP contribution in [0, 0.1) is 0 Å². The van der Waals surface area contributed by atoms with Crippen LogP contribution in [0.5, 0.6) is 23.0 Å². The molecule has 0 aliphatic carbocycles. The van der Waals surface area contributed by atoms with E-state index in [2.05, 4.69) is 10.4 Å². The highest BCUT2D eigenvalue weighted by Gasteiger charge is 2.20. The number of rotatable bonds is 7. The van der Waals surface area contributed by atoms with Crippen LogP contribution in [0.15, 0.2) is 42.5 Å². The molecule has 1 unspecified atom stereocenters. The summed E-state index contributed by atoms with van der Waals surface area (Å²) in [6.45, 7) is 0.991. The fourth-order valence-corrected chi connectivity index (χ4v) is 3.49. The Morgan fingerprint density at radius 3 is 2.66 bits per heavy atom. The van der Waals surface area contributed by atoms with Crippen LogP contribution in [0.4, 0.5) is 0 Å². The van der Waals surface area contributed by atoms with Gasteiger partial charge < -0.3 is 29.4 Å². The summed E-state index contributed by atoms with van der Waals surface area (Å²) in [5.74, 6) is 2.14. The lowest BCUT2D eigenvalue weighted by Crippen LogP contribution is -2.30. The first-order chi connectivity index (χ1) is 15.5. The molecule has 0 saturated heterocycles. The van der Waals surface area contributed by atoms with Crippen molar-refractivity contribution in [3.05, 3.63) is 53.7 Å². The van der Waals surface area contributed by atoms with E-state index in [1.54, 1.807) is 63.7 Å². The van der Waals surface area contributed by atoms with E-state index in [1.165, 1.54) is 4.68 Å². The van der Waals surface area contributed by atoms with Gasteiger partial charge in [0.1, 0.15) is 30.4 Å². The molecule has 1 atom stereocenters. The van der Waals surface area contributed by atoms with E-state index in [1.807, 2.05) is 0 Å². The van der Waals surface area contributed by atoms with Crippen molar-refractivity contribution < 1.29 is 28.8 Å². The van der Waals surface area contributed by atoms with Gasteiger partial charge in [-0.2, -0.15) is 5.10 Å². The molecule has 0 fully saturated rings. The van der Waals surface area contributed by atoms with Crippen molar-refractivity contribution in [1.82, 2.24) is 15.1 Å². The number of fused-ring (bicyclic) bond motifs is 1. The van der Waals surface area contributed by atoms with Gasteiger partial charge in [-0.15, -0.1) is 0 Å². The maximum Gasteiger partial charge on any atom is 0.269 e. The Kier molecular flexibility index (Phi) is 6.18. The fraction of sp³-hybridized carbons (Fsp3) is 0.304. The average Bonchev–Trinajstić information content (AvgIpc) is 3.23. The largest absolute Gasteiger partial charge is 0.497 e. The zero-order valence-corrected chi connectivity index (χ0v) is 18.1. The molecule has 9 nitrogen and oxygen atoms in total. The monoisotopic (exact) mass is 439 g/mol. The van der Waals surface area contributed by atoms with Crippen molar-refractivity contribution in [2.45, 2.75) is 6.10 Å². The van der Waals surface area contributed by atoms with Crippen LogP contribution in [0.1, 0.15) is 22.2 Å². The van der Waals surface area contributed by atoms with Gasteiger partial charge in [-0.25, -0.2) is 0 Å². The molecule has 0 saturated carbocycles. The maximum atomic E-state index is 12.8. The molecule has 2 N–H and O–H groups in total. The van der Waals surface area contributed by atoms with Gasteiger partial charge in [0.25, 0.3) is 5.91 Å². The fourth-order valence-electron chi connectivity index (χ4n) is 3.49.